The number of aryl methyl sites for hydroxylation is 2. The number of para-hydroxylation sites is 1. The Morgan fingerprint density at radius 3 is 2.72 bits per heavy atom. The van der Waals surface area contributed by atoms with Crippen molar-refractivity contribution in [3.63, 3.8) is 0 Å². The Kier molecular flexibility index (Phi) is 7.32. The van der Waals surface area contributed by atoms with Crippen LogP contribution in [0.15, 0.2) is 53.8 Å². The first-order valence-electron chi connectivity index (χ1n) is 12.2. The van der Waals surface area contributed by atoms with Crippen molar-refractivity contribution in [1.29, 1.82) is 0 Å². The number of aromatic nitrogens is 5. The van der Waals surface area contributed by atoms with E-state index in [1.807, 2.05) is 43.6 Å². The monoisotopic (exact) mass is 486 g/mol. The number of hydrogen-bond donors (Lipinski definition) is 1. The number of benzene rings is 1. The molecule has 10 nitrogen and oxygen atoms in total. The van der Waals surface area contributed by atoms with Crippen LogP contribution in [-0.2, 0) is 24.6 Å². The van der Waals surface area contributed by atoms with E-state index in [4.69, 9.17) is 9.47 Å². The summed E-state index contributed by atoms with van der Waals surface area (Å²) in [6.07, 6.45) is 5.37. The lowest BCUT2D eigenvalue weighted by Gasteiger charge is -2.26. The first-order valence-corrected chi connectivity index (χ1v) is 12.2. The average Bonchev–Trinajstić information content (AvgIpc) is 3.24. The highest BCUT2D eigenvalue weighted by Crippen LogP contribution is 2.19. The van der Waals surface area contributed by atoms with Gasteiger partial charge in [-0.3, -0.25) is 4.98 Å². The summed E-state index contributed by atoms with van der Waals surface area (Å²) in [5, 5.41) is 5.52. The Morgan fingerprint density at radius 1 is 1.03 bits per heavy atom. The van der Waals surface area contributed by atoms with Gasteiger partial charge in [0.05, 0.1) is 26.0 Å². The third-order valence-corrected chi connectivity index (χ3v) is 6.01. The molecule has 3 aromatic heterocycles. The summed E-state index contributed by atoms with van der Waals surface area (Å²) in [5.41, 5.74) is 7.15. The fourth-order valence-corrected chi connectivity index (χ4v) is 4.11. The summed E-state index contributed by atoms with van der Waals surface area (Å²) in [6, 6.07) is 14.5. The van der Waals surface area contributed by atoms with Crippen LogP contribution in [-0.4, -0.2) is 63.6 Å². The van der Waals surface area contributed by atoms with Crippen LogP contribution in [0.25, 0.3) is 10.9 Å². The molecule has 5 rings (SSSR count). The predicted molar refractivity (Wildman–Crippen MR) is 140 cm³/mol. The molecule has 186 valence electrons. The largest absolute Gasteiger partial charge is 0.463 e. The Morgan fingerprint density at radius 2 is 1.86 bits per heavy atom. The van der Waals surface area contributed by atoms with Crippen LogP contribution in [0, 0.1) is 0 Å². The van der Waals surface area contributed by atoms with Gasteiger partial charge in [0, 0.05) is 60.6 Å². The molecule has 1 fully saturated rings. The van der Waals surface area contributed by atoms with Crippen molar-refractivity contribution >= 4 is 29.0 Å². The van der Waals surface area contributed by atoms with Gasteiger partial charge in [0.25, 0.3) is 5.95 Å². The zero-order valence-electron chi connectivity index (χ0n) is 20.6. The molecular formula is C26H30N8O2. The molecule has 0 saturated carbocycles. The molecule has 4 heterocycles. The highest BCUT2D eigenvalue weighted by atomic mass is 16.5. The van der Waals surface area contributed by atoms with Crippen LogP contribution in [0.4, 0.5) is 11.9 Å². The van der Waals surface area contributed by atoms with Gasteiger partial charge in [0.1, 0.15) is 0 Å². The fraction of sp³-hybridized carbons (Fsp3) is 0.346. The Bertz CT molecular complexity index is 1350. The number of fused-ring (bicyclic) bond motifs is 1. The molecule has 1 aromatic carbocycles. The standard InChI is InChI=1S/C26H30N8O2/c1-3-20-7-6-8-21(28-20)11-14-36-26-30-24(29-25(31-26)34-12-15-35-16-13-34)32-27-17-19-18-33(2)23-10-5-4-9-22(19)23/h4-10,17-18H,3,11-16H2,1-2H3,(H,29,30,31,32)/b27-17+. The quantitative estimate of drug-likeness (QED) is 0.284. The zero-order valence-corrected chi connectivity index (χ0v) is 20.6. The topological polar surface area (TPSA) is 103 Å². The molecule has 0 aliphatic carbocycles. The molecule has 1 aliphatic rings. The van der Waals surface area contributed by atoms with Gasteiger partial charge in [-0.05, 0) is 24.6 Å². The third-order valence-electron chi connectivity index (χ3n) is 6.01. The SMILES string of the molecule is CCc1cccc(CCOc2nc(N/N=C/c3cn(C)c4ccccc34)nc(N3CCOCC3)n2)n1. The first kappa shape index (κ1) is 23.7. The van der Waals surface area contributed by atoms with Gasteiger partial charge in [-0.2, -0.15) is 20.1 Å². The number of hydrogen-bond acceptors (Lipinski definition) is 9. The molecule has 1 N–H and O–H groups in total. The fourth-order valence-electron chi connectivity index (χ4n) is 4.11. The van der Waals surface area contributed by atoms with Crippen LogP contribution in [0.1, 0.15) is 23.9 Å². The summed E-state index contributed by atoms with van der Waals surface area (Å²) >= 11 is 0. The maximum atomic E-state index is 5.93. The van der Waals surface area contributed by atoms with Crippen LogP contribution in [0.2, 0.25) is 0 Å². The van der Waals surface area contributed by atoms with Gasteiger partial charge in [-0.1, -0.05) is 31.2 Å². The van der Waals surface area contributed by atoms with Gasteiger partial charge in [-0.25, -0.2) is 5.43 Å². The lowest BCUT2D eigenvalue weighted by atomic mass is 10.2. The van der Waals surface area contributed by atoms with E-state index in [1.165, 1.54) is 0 Å². The molecule has 0 bridgehead atoms. The van der Waals surface area contributed by atoms with Crippen molar-refractivity contribution in [3.05, 3.63) is 65.6 Å². The molecule has 0 radical (unpaired) electrons. The molecular weight excluding hydrogens is 456 g/mol. The Hall–Kier alpha value is -4.05. The summed E-state index contributed by atoms with van der Waals surface area (Å²) in [7, 11) is 2.02. The van der Waals surface area contributed by atoms with E-state index >= 15 is 0 Å². The molecule has 1 saturated heterocycles. The number of nitrogens with zero attached hydrogens (tertiary/aromatic N) is 7. The molecule has 0 atom stereocenters. The maximum Gasteiger partial charge on any atom is 0.323 e. The van der Waals surface area contributed by atoms with Gasteiger partial charge < -0.3 is 18.9 Å². The summed E-state index contributed by atoms with van der Waals surface area (Å²) in [4.78, 5) is 20.2. The van der Waals surface area contributed by atoms with Crippen molar-refractivity contribution in [2.45, 2.75) is 19.8 Å². The van der Waals surface area contributed by atoms with Crippen LogP contribution in [0.5, 0.6) is 6.01 Å². The highest BCUT2D eigenvalue weighted by Gasteiger charge is 2.17. The van der Waals surface area contributed by atoms with Crippen molar-refractivity contribution in [2.75, 3.05) is 43.2 Å². The van der Waals surface area contributed by atoms with Crippen molar-refractivity contribution in [3.8, 4) is 6.01 Å². The molecule has 0 spiro atoms. The summed E-state index contributed by atoms with van der Waals surface area (Å²) in [6.45, 7) is 5.17. The van der Waals surface area contributed by atoms with E-state index in [-0.39, 0.29) is 6.01 Å². The molecule has 0 unspecified atom stereocenters. The van der Waals surface area contributed by atoms with Crippen LogP contribution in [0.3, 0.4) is 0 Å². The van der Waals surface area contributed by atoms with Crippen LogP contribution >= 0.6 is 0 Å². The van der Waals surface area contributed by atoms with E-state index in [9.17, 15) is 0 Å². The number of rotatable bonds is 9. The minimum Gasteiger partial charge on any atom is -0.463 e. The average molecular weight is 487 g/mol. The smallest absolute Gasteiger partial charge is 0.323 e. The normalized spacial score (nSPS) is 14.0. The minimum atomic E-state index is 0.251. The molecule has 1 aliphatic heterocycles. The number of pyridine rings is 1. The van der Waals surface area contributed by atoms with E-state index < -0.39 is 0 Å². The lowest BCUT2D eigenvalue weighted by molar-refractivity contribution is 0.122. The summed E-state index contributed by atoms with van der Waals surface area (Å²) in [5.74, 6) is 0.862. The Balaban J connectivity index is 1.32. The van der Waals surface area contributed by atoms with E-state index in [2.05, 4.69) is 59.0 Å². The molecule has 0 amide bonds. The minimum absolute atomic E-state index is 0.251. The van der Waals surface area contributed by atoms with Gasteiger partial charge in [-0.15, -0.1) is 0 Å². The second-order valence-corrected chi connectivity index (χ2v) is 8.50. The predicted octanol–water partition coefficient (Wildman–Crippen LogP) is 3.22. The van der Waals surface area contributed by atoms with E-state index in [0.717, 1.165) is 34.3 Å². The van der Waals surface area contributed by atoms with Crippen molar-refractivity contribution < 1.29 is 9.47 Å². The number of nitrogens with one attached hydrogen (secondary N) is 1. The number of morpholine rings is 1. The van der Waals surface area contributed by atoms with Gasteiger partial charge in [0.2, 0.25) is 5.95 Å². The lowest BCUT2D eigenvalue weighted by Crippen LogP contribution is -2.37. The maximum absolute atomic E-state index is 5.93. The molecule has 36 heavy (non-hydrogen) atoms. The van der Waals surface area contributed by atoms with Crippen molar-refractivity contribution in [1.82, 2.24) is 24.5 Å². The third kappa shape index (κ3) is 5.60. The second-order valence-electron chi connectivity index (χ2n) is 8.50. The van der Waals surface area contributed by atoms with Crippen molar-refractivity contribution in [2.24, 2.45) is 12.1 Å². The first-order chi connectivity index (χ1) is 17.7. The highest BCUT2D eigenvalue weighted by molar-refractivity contribution is 5.99. The van der Waals surface area contributed by atoms with Gasteiger partial charge in [0.15, 0.2) is 0 Å². The summed E-state index contributed by atoms with van der Waals surface area (Å²) < 4.78 is 13.5. The Labute approximate surface area is 210 Å². The number of ether oxygens (including phenoxy) is 2. The molecule has 10 heteroatoms. The van der Waals surface area contributed by atoms with E-state index in [1.54, 1.807) is 6.21 Å². The van der Waals surface area contributed by atoms with Gasteiger partial charge >= 0.3 is 6.01 Å². The second kappa shape index (κ2) is 11.1. The molecule has 4 aromatic rings. The van der Waals surface area contributed by atoms with Crippen LogP contribution < -0.4 is 15.1 Å². The zero-order chi connectivity index (χ0) is 24.7. The number of hydrazone groups is 1. The number of anilines is 2. The van der Waals surface area contributed by atoms with E-state index in [0.29, 0.717) is 51.2 Å².